The molecule has 180 valence electrons. The summed E-state index contributed by atoms with van der Waals surface area (Å²) in [7, 11) is 0. The van der Waals surface area contributed by atoms with Crippen LogP contribution in [-0.2, 0) is 0 Å². The molecule has 0 fully saturated rings. The molecule has 0 atom stereocenters. The second-order valence-electron chi connectivity index (χ2n) is 7.67. The van der Waals surface area contributed by atoms with Crippen LogP contribution in [0.3, 0.4) is 0 Å². The van der Waals surface area contributed by atoms with Crippen LogP contribution >= 0.6 is 34.8 Å². The zero-order valence-corrected chi connectivity index (χ0v) is 19.9. The third kappa shape index (κ3) is 3.56. The Hall–Kier alpha value is -4.05. The Morgan fingerprint density at radius 2 is 1.81 bits per heavy atom. The number of aromatic hydroxyl groups is 1. The normalized spacial score (nSPS) is 12.0. The molecule has 2 aromatic carbocycles. The third-order valence-electron chi connectivity index (χ3n) is 5.55. The Balaban J connectivity index is 1.79. The molecular formula is C24H11Cl3N2O7. The number of rotatable bonds is 4. The van der Waals surface area contributed by atoms with Crippen molar-refractivity contribution in [1.29, 1.82) is 0 Å². The predicted molar refractivity (Wildman–Crippen MR) is 129 cm³/mol. The maximum Gasteiger partial charge on any atom is 0.335 e. The number of hydrogen-bond acceptors (Lipinski definition) is 6. The van der Waals surface area contributed by atoms with E-state index < -0.39 is 23.3 Å². The number of aromatic amines is 1. The number of nitrogens with one attached hydrogen (secondary N) is 1. The molecule has 1 aliphatic heterocycles. The first-order chi connectivity index (χ1) is 17.1. The number of ether oxygens (including phenoxy) is 1. The summed E-state index contributed by atoms with van der Waals surface area (Å²) in [4.78, 5) is 52.2. The van der Waals surface area contributed by atoms with Gasteiger partial charge in [-0.2, -0.15) is 0 Å². The Morgan fingerprint density at radius 1 is 1.06 bits per heavy atom. The number of aldehydes is 1. The average Bonchev–Trinajstić information content (AvgIpc) is 3.32. The SMILES string of the molecule is O=Cc1ccc2c(c1)Oc1c(Cl)cc(C(=O)c3ccc(C(=O)O)cc3O)n1-c1c([nH]c(Cl)c1Cl)C2=O. The van der Waals surface area contributed by atoms with Gasteiger partial charge in [-0.15, -0.1) is 0 Å². The number of ketones is 2. The number of fused-ring (bicyclic) bond motifs is 4. The van der Waals surface area contributed by atoms with Crippen LogP contribution in [0.15, 0.2) is 42.5 Å². The second kappa shape index (κ2) is 8.56. The van der Waals surface area contributed by atoms with Gasteiger partial charge >= 0.3 is 5.97 Å². The lowest BCUT2D eigenvalue weighted by Crippen LogP contribution is -2.16. The number of aromatic carboxylic acids is 1. The van der Waals surface area contributed by atoms with Crippen LogP contribution in [0.2, 0.25) is 15.2 Å². The number of H-pyrrole nitrogens is 1. The molecule has 0 spiro atoms. The van der Waals surface area contributed by atoms with E-state index in [1.807, 2.05) is 0 Å². The van der Waals surface area contributed by atoms with Gasteiger partial charge in [-0.05, 0) is 36.4 Å². The molecule has 12 heteroatoms. The van der Waals surface area contributed by atoms with Gasteiger partial charge < -0.3 is 19.9 Å². The highest BCUT2D eigenvalue weighted by atomic mass is 35.5. The first-order valence-corrected chi connectivity index (χ1v) is 11.2. The molecule has 0 saturated heterocycles. The van der Waals surface area contributed by atoms with Crippen molar-refractivity contribution >= 4 is 58.6 Å². The summed E-state index contributed by atoms with van der Waals surface area (Å²) >= 11 is 19.1. The lowest BCUT2D eigenvalue weighted by atomic mass is 10.0. The topological polar surface area (TPSA) is 139 Å². The number of carbonyl (C=O) groups excluding carboxylic acids is 3. The first-order valence-electron chi connectivity index (χ1n) is 10.0. The second-order valence-corrected chi connectivity index (χ2v) is 8.83. The minimum absolute atomic E-state index is 0.00833. The monoisotopic (exact) mass is 544 g/mol. The summed E-state index contributed by atoms with van der Waals surface area (Å²) in [5.41, 5.74) is -0.450. The smallest absolute Gasteiger partial charge is 0.335 e. The third-order valence-corrected chi connectivity index (χ3v) is 6.57. The van der Waals surface area contributed by atoms with Crippen LogP contribution in [0.4, 0.5) is 0 Å². The van der Waals surface area contributed by atoms with Gasteiger partial charge in [0, 0.05) is 5.56 Å². The maximum atomic E-state index is 13.5. The van der Waals surface area contributed by atoms with E-state index >= 15 is 0 Å². The summed E-state index contributed by atoms with van der Waals surface area (Å²) in [5, 5.41) is 19.3. The summed E-state index contributed by atoms with van der Waals surface area (Å²) in [6, 6.07) is 8.62. The van der Waals surface area contributed by atoms with Gasteiger partial charge in [0.1, 0.15) is 38.7 Å². The number of carbonyl (C=O) groups is 4. The fourth-order valence-electron chi connectivity index (χ4n) is 3.88. The van der Waals surface area contributed by atoms with Crippen LogP contribution in [0.1, 0.15) is 52.8 Å². The Kier molecular flexibility index (Phi) is 5.63. The van der Waals surface area contributed by atoms with E-state index in [2.05, 4.69) is 4.98 Å². The molecule has 0 saturated carbocycles. The molecule has 0 aliphatic carbocycles. The maximum absolute atomic E-state index is 13.5. The zero-order chi connectivity index (χ0) is 25.9. The van der Waals surface area contributed by atoms with Gasteiger partial charge in [-0.3, -0.25) is 19.0 Å². The highest BCUT2D eigenvalue weighted by molar-refractivity contribution is 6.43. The van der Waals surface area contributed by atoms with Crippen molar-refractivity contribution in [2.75, 3.05) is 0 Å². The minimum Gasteiger partial charge on any atom is -0.507 e. The molecular weight excluding hydrogens is 535 g/mol. The fraction of sp³-hybridized carbons (Fsp3) is 0. The minimum atomic E-state index is -1.29. The van der Waals surface area contributed by atoms with Crippen LogP contribution in [-0.4, -0.2) is 43.6 Å². The fourth-order valence-corrected chi connectivity index (χ4v) is 4.51. The van der Waals surface area contributed by atoms with Crippen molar-refractivity contribution in [2.45, 2.75) is 0 Å². The quantitative estimate of drug-likeness (QED) is 0.199. The van der Waals surface area contributed by atoms with E-state index in [4.69, 9.17) is 44.6 Å². The summed E-state index contributed by atoms with van der Waals surface area (Å²) < 4.78 is 7.11. The van der Waals surface area contributed by atoms with Crippen LogP contribution in [0.25, 0.3) is 5.69 Å². The van der Waals surface area contributed by atoms with E-state index in [0.717, 1.165) is 18.2 Å². The van der Waals surface area contributed by atoms with Gasteiger partial charge in [-0.25, -0.2) is 4.79 Å². The van der Waals surface area contributed by atoms with Crippen molar-refractivity contribution in [1.82, 2.24) is 9.55 Å². The standard InChI is InChI=1S/C24H11Cl3N2O7/c25-13-7-14(20(32)11-4-2-10(24(34)35)6-15(11)31)29-19-17(26)22(27)28-18(19)21(33)12-3-1-9(8-30)5-16(12)36-23(13)29/h1-8,28,31H,(H,34,35). The molecule has 2 aromatic heterocycles. The Bertz CT molecular complexity index is 1650. The summed E-state index contributed by atoms with van der Waals surface area (Å²) in [6.45, 7) is 0. The van der Waals surface area contributed by atoms with E-state index in [0.29, 0.717) is 6.29 Å². The van der Waals surface area contributed by atoms with Crippen molar-refractivity contribution in [3.63, 3.8) is 0 Å². The molecule has 0 radical (unpaired) electrons. The van der Waals surface area contributed by atoms with Gasteiger partial charge in [0.25, 0.3) is 0 Å². The number of phenols is 1. The number of aromatic nitrogens is 2. The van der Waals surface area contributed by atoms with Crippen molar-refractivity contribution < 1.29 is 34.1 Å². The van der Waals surface area contributed by atoms with Gasteiger partial charge in [0.2, 0.25) is 17.4 Å². The number of hydrogen-bond donors (Lipinski definition) is 3. The number of nitrogens with zero attached hydrogens (tertiary/aromatic N) is 1. The molecule has 9 nitrogen and oxygen atoms in total. The molecule has 3 heterocycles. The lowest BCUT2D eigenvalue weighted by Gasteiger charge is -2.19. The highest BCUT2D eigenvalue weighted by Crippen LogP contribution is 2.45. The Labute approximate surface area is 216 Å². The molecule has 3 N–H and O–H groups in total. The number of carboxylic acid groups (broad SMARTS) is 1. The number of phenolic OH excluding ortho intramolecular Hbond substituents is 1. The van der Waals surface area contributed by atoms with Crippen molar-refractivity contribution in [3.8, 4) is 23.1 Å². The molecule has 4 aromatic rings. The number of carboxylic acids is 1. The molecule has 5 rings (SSSR count). The van der Waals surface area contributed by atoms with Gasteiger partial charge in [-0.1, -0.05) is 40.9 Å². The van der Waals surface area contributed by atoms with E-state index in [-0.39, 0.29) is 66.2 Å². The molecule has 0 unspecified atom stereocenters. The molecule has 0 bridgehead atoms. The molecule has 0 amide bonds. The average molecular weight is 546 g/mol. The van der Waals surface area contributed by atoms with Gasteiger partial charge in [0.05, 0.1) is 28.1 Å². The van der Waals surface area contributed by atoms with Crippen molar-refractivity contribution in [2.24, 2.45) is 0 Å². The molecule has 1 aliphatic rings. The summed E-state index contributed by atoms with van der Waals surface area (Å²) in [6.07, 6.45) is 0.569. The predicted octanol–water partition coefficient (Wildman–Crippen LogP) is 5.55. The first kappa shape index (κ1) is 23.7. The largest absolute Gasteiger partial charge is 0.507 e. The summed E-state index contributed by atoms with van der Waals surface area (Å²) in [5.74, 6) is -3.37. The number of halogens is 3. The van der Waals surface area contributed by atoms with Crippen LogP contribution < -0.4 is 4.74 Å². The number of benzene rings is 2. The van der Waals surface area contributed by atoms with Crippen LogP contribution in [0, 0.1) is 0 Å². The zero-order valence-electron chi connectivity index (χ0n) is 17.6. The van der Waals surface area contributed by atoms with E-state index in [1.54, 1.807) is 0 Å². The van der Waals surface area contributed by atoms with Crippen molar-refractivity contribution in [3.05, 3.63) is 91.3 Å². The Morgan fingerprint density at radius 3 is 2.47 bits per heavy atom. The van der Waals surface area contributed by atoms with E-state index in [1.165, 1.54) is 28.8 Å². The lowest BCUT2D eigenvalue weighted by molar-refractivity contribution is 0.0695. The molecule has 36 heavy (non-hydrogen) atoms. The highest BCUT2D eigenvalue weighted by Gasteiger charge is 2.34. The van der Waals surface area contributed by atoms with Crippen LogP contribution in [0.5, 0.6) is 17.4 Å². The van der Waals surface area contributed by atoms with E-state index in [9.17, 15) is 24.3 Å². The van der Waals surface area contributed by atoms with Gasteiger partial charge in [0.15, 0.2) is 0 Å².